The highest BCUT2D eigenvalue weighted by atomic mass is 16.3. The second-order valence-corrected chi connectivity index (χ2v) is 5.31. The number of hydrogen-bond acceptors (Lipinski definition) is 3. The van der Waals surface area contributed by atoms with E-state index in [1.165, 1.54) is 12.1 Å². The Kier molecular flexibility index (Phi) is 2.57. The molecule has 0 radical (unpaired) electrons. The Balaban J connectivity index is 2.06. The first-order valence-corrected chi connectivity index (χ1v) is 6.96. The lowest BCUT2D eigenvalue weighted by molar-refractivity contribution is 0.105. The summed E-state index contributed by atoms with van der Waals surface area (Å²) in [4.78, 5) is 12.8. The first-order valence-electron chi connectivity index (χ1n) is 6.96. The van der Waals surface area contributed by atoms with Gasteiger partial charge in [-0.3, -0.25) is 4.79 Å². The van der Waals surface area contributed by atoms with Crippen LogP contribution in [-0.2, 0) is 0 Å². The van der Waals surface area contributed by atoms with Crippen molar-refractivity contribution in [3.05, 3.63) is 77.4 Å². The van der Waals surface area contributed by atoms with Crippen molar-refractivity contribution >= 4 is 27.9 Å². The summed E-state index contributed by atoms with van der Waals surface area (Å²) in [6.45, 7) is 0. The Labute approximate surface area is 126 Å². The summed E-state index contributed by atoms with van der Waals surface area (Å²) >= 11 is 0. The van der Waals surface area contributed by atoms with E-state index in [-0.39, 0.29) is 22.9 Å². The molecule has 0 saturated carbocycles. The van der Waals surface area contributed by atoms with Crippen LogP contribution in [0.15, 0.2) is 60.7 Å². The number of aliphatic hydroxyl groups excluding tert-OH is 1. The number of phenols is 1. The molecule has 0 saturated heterocycles. The Morgan fingerprint density at radius 2 is 1.36 bits per heavy atom. The van der Waals surface area contributed by atoms with Crippen molar-refractivity contribution < 1.29 is 15.0 Å². The number of aromatic hydroxyl groups is 1. The summed E-state index contributed by atoms with van der Waals surface area (Å²) in [5.41, 5.74) is 2.11. The van der Waals surface area contributed by atoms with Gasteiger partial charge < -0.3 is 10.2 Å². The van der Waals surface area contributed by atoms with E-state index in [0.717, 1.165) is 10.8 Å². The third-order valence-corrected chi connectivity index (χ3v) is 4.02. The monoisotopic (exact) mass is 288 g/mol. The molecule has 1 aliphatic carbocycles. The smallest absolute Gasteiger partial charge is 0.198 e. The van der Waals surface area contributed by atoms with Gasteiger partial charge in [0.1, 0.15) is 11.5 Å². The van der Waals surface area contributed by atoms with Crippen LogP contribution in [0.25, 0.3) is 22.1 Å². The number of carbonyl (C=O) groups is 1. The van der Waals surface area contributed by atoms with Gasteiger partial charge in [0.25, 0.3) is 0 Å². The fourth-order valence-electron chi connectivity index (χ4n) is 3.00. The van der Waals surface area contributed by atoms with E-state index in [0.29, 0.717) is 16.7 Å². The van der Waals surface area contributed by atoms with Gasteiger partial charge in [0, 0.05) is 16.5 Å². The van der Waals surface area contributed by atoms with Gasteiger partial charge in [0.15, 0.2) is 5.78 Å². The number of phenolic OH excluding ortho intramolecular Hbond substituents is 1. The van der Waals surface area contributed by atoms with E-state index in [1.807, 2.05) is 30.3 Å². The first kappa shape index (κ1) is 12.7. The van der Waals surface area contributed by atoms with Crippen LogP contribution in [-0.4, -0.2) is 16.0 Å². The van der Waals surface area contributed by atoms with Gasteiger partial charge in [-0.05, 0) is 23.1 Å². The van der Waals surface area contributed by atoms with Crippen LogP contribution >= 0.6 is 0 Å². The molecule has 3 aromatic carbocycles. The highest BCUT2D eigenvalue weighted by Gasteiger charge is 2.28. The van der Waals surface area contributed by atoms with Gasteiger partial charge in [-0.2, -0.15) is 0 Å². The summed E-state index contributed by atoms with van der Waals surface area (Å²) in [6.07, 6.45) is 0. The summed E-state index contributed by atoms with van der Waals surface area (Å²) in [5, 5.41) is 21.7. The van der Waals surface area contributed by atoms with Crippen molar-refractivity contribution in [2.75, 3.05) is 0 Å². The minimum Gasteiger partial charge on any atom is -0.508 e. The molecule has 0 amide bonds. The third-order valence-electron chi connectivity index (χ3n) is 4.02. The number of allylic oxidation sites excluding steroid dienone is 1. The van der Waals surface area contributed by atoms with E-state index in [9.17, 15) is 15.0 Å². The van der Waals surface area contributed by atoms with E-state index in [2.05, 4.69) is 0 Å². The lowest BCUT2D eigenvalue weighted by atomic mass is 9.84. The van der Waals surface area contributed by atoms with E-state index >= 15 is 0 Å². The van der Waals surface area contributed by atoms with Crippen LogP contribution in [0.1, 0.15) is 21.5 Å². The number of Topliss-reactive ketones (excluding diaryl/α,β-unsaturated/α-hetero) is 1. The zero-order valence-corrected chi connectivity index (χ0v) is 11.6. The highest BCUT2D eigenvalue weighted by Crippen LogP contribution is 2.39. The molecule has 0 bridgehead atoms. The lowest BCUT2D eigenvalue weighted by Gasteiger charge is -2.20. The molecular formula is C19H12O3. The van der Waals surface area contributed by atoms with Gasteiger partial charge in [-0.25, -0.2) is 0 Å². The fraction of sp³-hybridized carbons (Fsp3) is 0. The number of aliphatic hydroxyl groups is 1. The standard InChI is InChI=1S/C19H12O3/c20-13-9-7-12(8-10-13)17-18(21)14-5-1-3-11-4-2-6-15(16(11)14)19(17)22/h1-10,20-21H. The third kappa shape index (κ3) is 1.66. The highest BCUT2D eigenvalue weighted by molar-refractivity contribution is 6.39. The molecule has 2 N–H and O–H groups in total. The van der Waals surface area contributed by atoms with Gasteiger partial charge in [-0.1, -0.05) is 48.5 Å². The van der Waals surface area contributed by atoms with Crippen molar-refractivity contribution in [3.63, 3.8) is 0 Å². The zero-order chi connectivity index (χ0) is 15.3. The summed E-state index contributed by atoms with van der Waals surface area (Å²) < 4.78 is 0. The maximum atomic E-state index is 12.8. The number of hydrogen-bond donors (Lipinski definition) is 2. The molecule has 4 rings (SSSR count). The Hall–Kier alpha value is -3.07. The van der Waals surface area contributed by atoms with Crippen LogP contribution < -0.4 is 0 Å². The molecule has 0 spiro atoms. The summed E-state index contributed by atoms with van der Waals surface area (Å²) in [5.74, 6) is -0.0953. The van der Waals surface area contributed by atoms with Crippen LogP contribution in [0.4, 0.5) is 0 Å². The van der Waals surface area contributed by atoms with Gasteiger partial charge in [0.2, 0.25) is 0 Å². The van der Waals surface area contributed by atoms with Crippen molar-refractivity contribution in [1.29, 1.82) is 0 Å². The first-order chi connectivity index (χ1) is 10.7. The zero-order valence-electron chi connectivity index (χ0n) is 11.6. The molecule has 0 aromatic heterocycles. The van der Waals surface area contributed by atoms with Crippen molar-refractivity contribution in [3.8, 4) is 5.75 Å². The number of ketones is 1. The van der Waals surface area contributed by atoms with Crippen molar-refractivity contribution in [1.82, 2.24) is 0 Å². The molecule has 3 aromatic rings. The normalized spacial score (nSPS) is 13.7. The van der Waals surface area contributed by atoms with E-state index in [1.54, 1.807) is 18.2 Å². The molecule has 22 heavy (non-hydrogen) atoms. The SMILES string of the molecule is O=C1C(c2ccc(O)cc2)=C(O)c2cccc3cccc1c23. The van der Waals surface area contributed by atoms with E-state index < -0.39 is 0 Å². The van der Waals surface area contributed by atoms with Gasteiger partial charge in [-0.15, -0.1) is 0 Å². The number of carbonyl (C=O) groups excluding carboxylic acids is 1. The molecule has 0 atom stereocenters. The molecule has 0 unspecified atom stereocenters. The Morgan fingerprint density at radius 3 is 2.05 bits per heavy atom. The van der Waals surface area contributed by atoms with Crippen molar-refractivity contribution in [2.45, 2.75) is 0 Å². The van der Waals surface area contributed by atoms with Gasteiger partial charge >= 0.3 is 0 Å². The quantitative estimate of drug-likeness (QED) is 0.706. The number of rotatable bonds is 1. The second-order valence-electron chi connectivity index (χ2n) is 5.31. The Morgan fingerprint density at radius 1 is 0.727 bits per heavy atom. The maximum absolute atomic E-state index is 12.8. The van der Waals surface area contributed by atoms with Crippen LogP contribution in [0, 0.1) is 0 Å². The molecule has 3 nitrogen and oxygen atoms in total. The molecule has 0 aliphatic heterocycles. The van der Waals surface area contributed by atoms with Crippen LogP contribution in [0.2, 0.25) is 0 Å². The predicted octanol–water partition coefficient (Wildman–Crippen LogP) is 4.17. The summed E-state index contributed by atoms with van der Waals surface area (Å²) in [6, 6.07) is 17.4. The van der Waals surface area contributed by atoms with E-state index in [4.69, 9.17) is 0 Å². The largest absolute Gasteiger partial charge is 0.508 e. The molecule has 0 fully saturated rings. The molecule has 3 heteroatoms. The molecule has 106 valence electrons. The summed E-state index contributed by atoms with van der Waals surface area (Å²) in [7, 11) is 0. The average molecular weight is 288 g/mol. The van der Waals surface area contributed by atoms with Gasteiger partial charge in [0.05, 0.1) is 5.57 Å². The predicted molar refractivity (Wildman–Crippen MR) is 85.8 cm³/mol. The molecule has 0 heterocycles. The minimum atomic E-state index is -0.201. The maximum Gasteiger partial charge on any atom is 0.198 e. The minimum absolute atomic E-state index is 0.0139. The molecular weight excluding hydrogens is 276 g/mol. The molecule has 1 aliphatic rings. The number of benzene rings is 3. The van der Waals surface area contributed by atoms with Crippen LogP contribution in [0.5, 0.6) is 5.75 Å². The fourth-order valence-corrected chi connectivity index (χ4v) is 3.00. The topological polar surface area (TPSA) is 57.5 Å². The second kappa shape index (κ2) is 4.46. The van der Waals surface area contributed by atoms with Crippen molar-refractivity contribution in [2.24, 2.45) is 0 Å². The lowest BCUT2D eigenvalue weighted by Crippen LogP contribution is -2.12. The average Bonchev–Trinajstić information content (AvgIpc) is 2.54. The Bertz CT molecular complexity index is 945. The van der Waals surface area contributed by atoms with Crippen LogP contribution in [0.3, 0.4) is 0 Å².